The summed E-state index contributed by atoms with van der Waals surface area (Å²) in [6.45, 7) is 0.965. The molecule has 1 N–H and O–H groups in total. The highest BCUT2D eigenvalue weighted by Gasteiger charge is 2.36. The molecule has 0 aromatic rings. The van der Waals surface area contributed by atoms with Gasteiger partial charge in [0.15, 0.2) is 0 Å². The van der Waals surface area contributed by atoms with E-state index in [1.54, 1.807) is 0 Å². The molecule has 2 aliphatic rings. The molecule has 17 heavy (non-hydrogen) atoms. The molecule has 98 valence electrons. The third kappa shape index (κ3) is 3.17. The van der Waals surface area contributed by atoms with E-state index in [0.29, 0.717) is 25.6 Å². The number of carboxylic acid groups (broad SMARTS) is 1. The molecule has 6 nitrogen and oxygen atoms in total. The van der Waals surface area contributed by atoms with Crippen LogP contribution in [0.3, 0.4) is 0 Å². The summed E-state index contributed by atoms with van der Waals surface area (Å²) >= 11 is 0. The van der Waals surface area contributed by atoms with E-state index < -0.39 is 22.7 Å². The van der Waals surface area contributed by atoms with Crippen LogP contribution in [-0.2, 0) is 15.0 Å². The molecule has 2 rings (SSSR count). The van der Waals surface area contributed by atoms with Crippen LogP contribution in [0.4, 0.5) is 0 Å². The predicted molar refractivity (Wildman–Crippen MR) is 61.7 cm³/mol. The Morgan fingerprint density at radius 1 is 1.29 bits per heavy atom. The van der Waals surface area contributed by atoms with Crippen molar-refractivity contribution in [3.8, 4) is 0 Å². The van der Waals surface area contributed by atoms with E-state index in [1.165, 1.54) is 4.31 Å². The first kappa shape index (κ1) is 12.8. The normalized spacial score (nSPS) is 22.2. The van der Waals surface area contributed by atoms with Gasteiger partial charge in [0.25, 0.3) is 10.2 Å². The van der Waals surface area contributed by atoms with E-state index >= 15 is 0 Å². The van der Waals surface area contributed by atoms with Crippen LogP contribution in [0.2, 0.25) is 0 Å². The molecule has 0 aromatic carbocycles. The van der Waals surface area contributed by atoms with E-state index in [4.69, 9.17) is 5.11 Å². The maximum atomic E-state index is 12.2. The molecule has 2 fully saturated rings. The Morgan fingerprint density at radius 3 is 2.35 bits per heavy atom. The summed E-state index contributed by atoms with van der Waals surface area (Å²) in [5, 5.41) is 8.80. The van der Waals surface area contributed by atoms with Crippen molar-refractivity contribution < 1.29 is 18.3 Å². The molecule has 1 aliphatic carbocycles. The molecule has 0 amide bonds. The largest absolute Gasteiger partial charge is 0.480 e. The molecule has 1 heterocycles. The molecule has 0 spiro atoms. The van der Waals surface area contributed by atoms with Crippen molar-refractivity contribution in [2.24, 2.45) is 5.92 Å². The van der Waals surface area contributed by atoms with E-state index in [1.807, 2.05) is 0 Å². The third-order valence-electron chi connectivity index (χ3n) is 3.19. The van der Waals surface area contributed by atoms with Crippen molar-refractivity contribution in [2.75, 3.05) is 26.2 Å². The highest BCUT2D eigenvalue weighted by molar-refractivity contribution is 7.86. The van der Waals surface area contributed by atoms with Gasteiger partial charge < -0.3 is 5.11 Å². The zero-order chi connectivity index (χ0) is 12.5. The van der Waals surface area contributed by atoms with Crippen molar-refractivity contribution in [1.29, 1.82) is 0 Å². The van der Waals surface area contributed by atoms with Gasteiger partial charge in [-0.2, -0.15) is 17.0 Å². The van der Waals surface area contributed by atoms with E-state index in [2.05, 4.69) is 0 Å². The Bertz CT molecular complexity index is 385. The Hall–Kier alpha value is -0.660. The zero-order valence-corrected chi connectivity index (χ0v) is 10.5. The number of hydrogen-bond donors (Lipinski definition) is 1. The lowest BCUT2D eigenvalue weighted by atomic mass is 10.4. The van der Waals surface area contributed by atoms with Crippen molar-refractivity contribution in [2.45, 2.75) is 25.7 Å². The molecular weight excluding hydrogens is 244 g/mol. The number of carbonyl (C=O) groups is 1. The Balaban J connectivity index is 2.08. The zero-order valence-electron chi connectivity index (χ0n) is 9.71. The van der Waals surface area contributed by atoms with E-state index in [-0.39, 0.29) is 0 Å². The van der Waals surface area contributed by atoms with Crippen LogP contribution in [0, 0.1) is 5.92 Å². The molecule has 0 bridgehead atoms. The smallest absolute Gasteiger partial charge is 0.318 e. The Labute approximate surface area is 101 Å². The van der Waals surface area contributed by atoms with Crippen molar-refractivity contribution in [3.05, 3.63) is 0 Å². The second-order valence-corrected chi connectivity index (χ2v) is 6.67. The van der Waals surface area contributed by atoms with Gasteiger partial charge in [0.1, 0.15) is 6.54 Å². The fraction of sp³-hybridized carbons (Fsp3) is 0.900. The highest BCUT2D eigenvalue weighted by atomic mass is 32.2. The molecule has 0 atom stereocenters. The first-order valence-electron chi connectivity index (χ1n) is 5.97. The minimum absolute atomic E-state index is 0.352. The first-order chi connectivity index (χ1) is 8.00. The molecule has 1 aliphatic heterocycles. The summed E-state index contributed by atoms with van der Waals surface area (Å²) in [4.78, 5) is 10.7. The second-order valence-electron chi connectivity index (χ2n) is 4.74. The molecule has 0 radical (unpaired) electrons. The fourth-order valence-corrected chi connectivity index (χ4v) is 3.78. The lowest BCUT2D eigenvalue weighted by Crippen LogP contribution is -2.45. The number of nitrogens with zero attached hydrogens (tertiary/aromatic N) is 2. The molecule has 0 aromatic heterocycles. The predicted octanol–water partition coefficient (Wildman–Crippen LogP) is 0.124. The minimum atomic E-state index is -3.57. The lowest BCUT2D eigenvalue weighted by Gasteiger charge is -2.25. The topological polar surface area (TPSA) is 77.9 Å². The molecule has 1 saturated heterocycles. The summed E-state index contributed by atoms with van der Waals surface area (Å²) in [5.41, 5.74) is 0. The molecule has 0 unspecified atom stereocenters. The third-order valence-corrected chi connectivity index (χ3v) is 5.14. The van der Waals surface area contributed by atoms with Gasteiger partial charge in [0.05, 0.1) is 0 Å². The number of rotatable bonds is 6. The van der Waals surface area contributed by atoms with Crippen LogP contribution in [0.25, 0.3) is 0 Å². The number of carboxylic acids is 1. The summed E-state index contributed by atoms with van der Waals surface area (Å²) in [5.74, 6) is -0.736. The van der Waals surface area contributed by atoms with Crippen LogP contribution < -0.4 is 0 Å². The van der Waals surface area contributed by atoms with Gasteiger partial charge in [-0.25, -0.2) is 0 Å². The standard InChI is InChI=1S/C10H18N2O4S/c13-10(14)8-12(7-9-3-4-9)17(15,16)11-5-1-2-6-11/h9H,1-8H2,(H,13,14). The Morgan fingerprint density at radius 2 is 1.88 bits per heavy atom. The van der Waals surface area contributed by atoms with Gasteiger partial charge in [0, 0.05) is 19.6 Å². The van der Waals surface area contributed by atoms with Gasteiger partial charge in [-0.05, 0) is 31.6 Å². The summed E-state index contributed by atoms with van der Waals surface area (Å²) < 4.78 is 27.0. The average Bonchev–Trinajstić information content (AvgIpc) is 2.88. The van der Waals surface area contributed by atoms with Gasteiger partial charge in [-0.1, -0.05) is 0 Å². The summed E-state index contributed by atoms with van der Waals surface area (Å²) in [6.07, 6.45) is 3.74. The maximum Gasteiger partial charge on any atom is 0.318 e. The average molecular weight is 262 g/mol. The van der Waals surface area contributed by atoms with E-state index in [0.717, 1.165) is 30.0 Å². The quantitative estimate of drug-likeness (QED) is 0.737. The monoisotopic (exact) mass is 262 g/mol. The summed E-state index contributed by atoms with van der Waals surface area (Å²) in [7, 11) is -3.57. The van der Waals surface area contributed by atoms with Gasteiger partial charge in [-0.15, -0.1) is 0 Å². The fourth-order valence-electron chi connectivity index (χ4n) is 2.06. The van der Waals surface area contributed by atoms with Gasteiger partial charge >= 0.3 is 5.97 Å². The number of aliphatic carboxylic acids is 1. The van der Waals surface area contributed by atoms with Crippen LogP contribution >= 0.6 is 0 Å². The van der Waals surface area contributed by atoms with Gasteiger partial charge in [-0.3, -0.25) is 4.79 Å². The SMILES string of the molecule is O=C(O)CN(CC1CC1)S(=O)(=O)N1CCCC1. The van der Waals surface area contributed by atoms with Crippen molar-refractivity contribution >= 4 is 16.2 Å². The van der Waals surface area contributed by atoms with Crippen molar-refractivity contribution in [3.63, 3.8) is 0 Å². The van der Waals surface area contributed by atoms with Crippen LogP contribution in [0.5, 0.6) is 0 Å². The van der Waals surface area contributed by atoms with Gasteiger partial charge in [0.2, 0.25) is 0 Å². The maximum absolute atomic E-state index is 12.2. The summed E-state index contributed by atoms with van der Waals surface area (Å²) in [6, 6.07) is 0. The number of hydrogen-bond acceptors (Lipinski definition) is 3. The van der Waals surface area contributed by atoms with Crippen LogP contribution in [0.15, 0.2) is 0 Å². The lowest BCUT2D eigenvalue weighted by molar-refractivity contribution is -0.137. The van der Waals surface area contributed by atoms with Crippen LogP contribution in [0.1, 0.15) is 25.7 Å². The molecule has 1 saturated carbocycles. The first-order valence-corrected chi connectivity index (χ1v) is 7.37. The highest BCUT2D eigenvalue weighted by Crippen LogP contribution is 2.31. The molecular formula is C10H18N2O4S. The van der Waals surface area contributed by atoms with E-state index in [9.17, 15) is 13.2 Å². The molecule has 7 heteroatoms. The Kier molecular flexibility index (Phi) is 3.70. The minimum Gasteiger partial charge on any atom is -0.480 e. The van der Waals surface area contributed by atoms with Crippen molar-refractivity contribution in [1.82, 2.24) is 8.61 Å². The van der Waals surface area contributed by atoms with Crippen LogP contribution in [-0.4, -0.2) is 54.3 Å². The second kappa shape index (κ2) is 4.91.